The molecule has 0 spiro atoms. The lowest BCUT2D eigenvalue weighted by Gasteiger charge is -2.35. The molecule has 0 radical (unpaired) electrons. The van der Waals surface area contributed by atoms with E-state index >= 15 is 0 Å². The Morgan fingerprint density at radius 3 is 2.52 bits per heavy atom. The second-order valence-corrected chi connectivity index (χ2v) is 8.32. The van der Waals surface area contributed by atoms with Crippen LogP contribution in [0.1, 0.15) is 22.5 Å². The molecule has 4 rings (SSSR count). The number of amides is 2. The number of benzene rings is 1. The van der Waals surface area contributed by atoms with E-state index in [0.717, 1.165) is 0 Å². The highest BCUT2D eigenvalue weighted by molar-refractivity contribution is 7.21. The summed E-state index contributed by atoms with van der Waals surface area (Å²) in [6.07, 6.45) is 1.30. The topological polar surface area (TPSA) is 49.9 Å². The van der Waals surface area contributed by atoms with Gasteiger partial charge in [-0.05, 0) is 31.0 Å². The van der Waals surface area contributed by atoms with Crippen LogP contribution in [0.5, 0.6) is 0 Å². The van der Waals surface area contributed by atoms with Crippen molar-refractivity contribution in [3.05, 3.63) is 33.9 Å². The molecular weight excluding hydrogens is 391 g/mol. The van der Waals surface area contributed by atoms with Gasteiger partial charge in [0.15, 0.2) is 0 Å². The van der Waals surface area contributed by atoms with Gasteiger partial charge >= 0.3 is 0 Å². The summed E-state index contributed by atoms with van der Waals surface area (Å²) in [4.78, 5) is 29.6. The van der Waals surface area contributed by atoms with Crippen molar-refractivity contribution in [2.24, 2.45) is 5.92 Å². The number of likely N-dealkylation sites (tertiary alicyclic amines) is 1. The van der Waals surface area contributed by atoms with E-state index < -0.39 is 0 Å². The number of nitrogens with zero attached hydrogens (tertiary/aromatic N) is 2. The van der Waals surface area contributed by atoms with E-state index in [4.69, 9.17) is 16.3 Å². The number of halogens is 2. The predicted octanol–water partition coefficient (Wildman–Crippen LogP) is 3.40. The Bertz CT molecular complexity index is 873. The average molecular weight is 411 g/mol. The number of piperidine rings is 1. The molecule has 1 aromatic heterocycles. The van der Waals surface area contributed by atoms with Crippen molar-refractivity contribution in [1.29, 1.82) is 0 Å². The molecule has 1 aromatic carbocycles. The van der Waals surface area contributed by atoms with E-state index in [2.05, 4.69) is 0 Å². The van der Waals surface area contributed by atoms with Gasteiger partial charge in [-0.15, -0.1) is 11.3 Å². The summed E-state index contributed by atoms with van der Waals surface area (Å²) >= 11 is 7.59. The molecule has 2 fully saturated rings. The lowest BCUT2D eigenvalue weighted by molar-refractivity contribution is -0.141. The van der Waals surface area contributed by atoms with Crippen LogP contribution in [0.25, 0.3) is 10.1 Å². The van der Waals surface area contributed by atoms with Gasteiger partial charge in [0.1, 0.15) is 10.7 Å². The smallest absolute Gasteiger partial charge is 0.265 e. The van der Waals surface area contributed by atoms with Crippen molar-refractivity contribution in [2.45, 2.75) is 12.8 Å². The van der Waals surface area contributed by atoms with Crippen LogP contribution in [0.4, 0.5) is 4.39 Å². The van der Waals surface area contributed by atoms with E-state index in [0.29, 0.717) is 72.2 Å². The maximum absolute atomic E-state index is 13.4. The quantitative estimate of drug-likeness (QED) is 0.762. The summed E-state index contributed by atoms with van der Waals surface area (Å²) in [7, 11) is 0. The molecule has 144 valence electrons. The van der Waals surface area contributed by atoms with Crippen LogP contribution < -0.4 is 0 Å². The van der Waals surface area contributed by atoms with Crippen molar-refractivity contribution in [2.75, 3.05) is 39.4 Å². The van der Waals surface area contributed by atoms with Crippen molar-refractivity contribution in [3.8, 4) is 0 Å². The average Bonchev–Trinajstić information content (AvgIpc) is 3.03. The van der Waals surface area contributed by atoms with Gasteiger partial charge in [-0.2, -0.15) is 0 Å². The Kier molecular flexibility index (Phi) is 5.34. The minimum absolute atomic E-state index is 0.0425. The fourth-order valence-corrected chi connectivity index (χ4v) is 5.20. The summed E-state index contributed by atoms with van der Waals surface area (Å²) in [6.45, 7) is 3.52. The first-order valence-corrected chi connectivity index (χ1v) is 10.3. The third-order valence-corrected chi connectivity index (χ3v) is 6.89. The third-order valence-electron chi connectivity index (χ3n) is 5.24. The molecule has 2 aliphatic rings. The first-order valence-electron chi connectivity index (χ1n) is 9.08. The largest absolute Gasteiger partial charge is 0.378 e. The number of rotatable bonds is 2. The first-order chi connectivity index (χ1) is 13.0. The van der Waals surface area contributed by atoms with Gasteiger partial charge in [0.05, 0.1) is 18.2 Å². The first kappa shape index (κ1) is 18.7. The summed E-state index contributed by atoms with van der Waals surface area (Å²) in [5, 5.41) is 1.08. The van der Waals surface area contributed by atoms with Crippen molar-refractivity contribution < 1.29 is 18.7 Å². The Balaban J connectivity index is 1.43. The summed E-state index contributed by atoms with van der Waals surface area (Å²) < 4.78 is 19.4. The molecule has 3 heterocycles. The zero-order chi connectivity index (χ0) is 19.0. The summed E-state index contributed by atoms with van der Waals surface area (Å²) in [5.41, 5.74) is 0. The predicted molar refractivity (Wildman–Crippen MR) is 103 cm³/mol. The van der Waals surface area contributed by atoms with Gasteiger partial charge in [0, 0.05) is 42.2 Å². The van der Waals surface area contributed by atoms with E-state index in [-0.39, 0.29) is 23.5 Å². The molecule has 0 aliphatic carbocycles. The fraction of sp³-hybridized carbons (Fsp3) is 0.474. The number of fused-ring (bicyclic) bond motifs is 1. The van der Waals surface area contributed by atoms with Gasteiger partial charge in [0.2, 0.25) is 5.91 Å². The Hall–Kier alpha value is -1.70. The SMILES string of the molecule is O=C(c1sc2cc(F)ccc2c1Cl)N1CCC(C(=O)N2CCOCC2)CC1. The van der Waals surface area contributed by atoms with E-state index in [9.17, 15) is 14.0 Å². The van der Waals surface area contributed by atoms with Gasteiger partial charge in [-0.3, -0.25) is 9.59 Å². The molecule has 2 saturated heterocycles. The summed E-state index contributed by atoms with van der Waals surface area (Å²) in [5.74, 6) is -0.361. The van der Waals surface area contributed by atoms with Crippen LogP contribution in [0.2, 0.25) is 5.02 Å². The number of carbonyl (C=O) groups excluding carboxylic acids is 2. The number of hydrogen-bond donors (Lipinski definition) is 0. The van der Waals surface area contributed by atoms with Gasteiger partial charge in [-0.1, -0.05) is 11.6 Å². The molecular formula is C19H20ClFN2O3S. The Morgan fingerprint density at radius 2 is 1.81 bits per heavy atom. The normalized spacial score (nSPS) is 18.9. The lowest BCUT2D eigenvalue weighted by Crippen LogP contribution is -2.47. The zero-order valence-corrected chi connectivity index (χ0v) is 16.3. The highest BCUT2D eigenvalue weighted by atomic mass is 35.5. The number of carbonyl (C=O) groups is 2. The van der Waals surface area contributed by atoms with Crippen LogP contribution >= 0.6 is 22.9 Å². The molecule has 27 heavy (non-hydrogen) atoms. The number of morpholine rings is 1. The standard InChI is InChI=1S/C19H20ClFN2O3S/c20-16-14-2-1-13(21)11-15(14)27-17(16)19(25)22-5-3-12(4-6-22)18(24)23-7-9-26-10-8-23/h1-2,11-12H,3-10H2. The van der Waals surface area contributed by atoms with Crippen LogP contribution in [0, 0.1) is 11.7 Å². The van der Waals surface area contributed by atoms with Gasteiger partial charge in [-0.25, -0.2) is 4.39 Å². The second-order valence-electron chi connectivity index (χ2n) is 6.89. The molecule has 0 N–H and O–H groups in total. The molecule has 0 atom stereocenters. The number of hydrogen-bond acceptors (Lipinski definition) is 4. The highest BCUT2D eigenvalue weighted by Crippen LogP contribution is 2.37. The molecule has 2 aromatic rings. The molecule has 0 saturated carbocycles. The summed E-state index contributed by atoms with van der Waals surface area (Å²) in [6, 6.07) is 4.35. The number of thiophene rings is 1. The molecule has 0 bridgehead atoms. The Labute approximate surface area is 165 Å². The Morgan fingerprint density at radius 1 is 1.11 bits per heavy atom. The second kappa shape index (κ2) is 7.73. The fourth-order valence-electron chi connectivity index (χ4n) is 3.69. The maximum Gasteiger partial charge on any atom is 0.265 e. The van der Waals surface area contributed by atoms with Crippen molar-refractivity contribution in [1.82, 2.24) is 9.80 Å². The molecule has 8 heteroatoms. The molecule has 0 unspecified atom stereocenters. The molecule has 5 nitrogen and oxygen atoms in total. The van der Waals surface area contributed by atoms with Gasteiger partial charge < -0.3 is 14.5 Å². The van der Waals surface area contributed by atoms with E-state index in [1.54, 1.807) is 11.0 Å². The van der Waals surface area contributed by atoms with Crippen LogP contribution in [-0.4, -0.2) is 61.0 Å². The minimum Gasteiger partial charge on any atom is -0.378 e. The number of ether oxygens (including phenoxy) is 1. The minimum atomic E-state index is -0.346. The van der Waals surface area contributed by atoms with Crippen LogP contribution in [0.15, 0.2) is 18.2 Å². The van der Waals surface area contributed by atoms with Crippen LogP contribution in [-0.2, 0) is 9.53 Å². The van der Waals surface area contributed by atoms with Crippen molar-refractivity contribution >= 4 is 44.8 Å². The van der Waals surface area contributed by atoms with Crippen LogP contribution in [0.3, 0.4) is 0 Å². The van der Waals surface area contributed by atoms with Crippen molar-refractivity contribution in [3.63, 3.8) is 0 Å². The monoisotopic (exact) mass is 410 g/mol. The van der Waals surface area contributed by atoms with E-state index in [1.807, 2.05) is 4.90 Å². The lowest BCUT2D eigenvalue weighted by atomic mass is 9.95. The molecule has 2 aliphatic heterocycles. The van der Waals surface area contributed by atoms with Gasteiger partial charge in [0.25, 0.3) is 5.91 Å². The highest BCUT2D eigenvalue weighted by Gasteiger charge is 2.32. The maximum atomic E-state index is 13.4. The van der Waals surface area contributed by atoms with E-state index in [1.165, 1.54) is 23.5 Å². The zero-order valence-electron chi connectivity index (χ0n) is 14.7. The molecule has 2 amide bonds. The third kappa shape index (κ3) is 3.68.